The van der Waals surface area contributed by atoms with E-state index in [1.165, 1.54) is 0 Å². The summed E-state index contributed by atoms with van der Waals surface area (Å²) in [6.45, 7) is 2.60. The average Bonchev–Trinajstić information content (AvgIpc) is 2.61. The van der Waals surface area contributed by atoms with E-state index in [9.17, 15) is 4.79 Å². The van der Waals surface area contributed by atoms with Crippen molar-refractivity contribution in [1.82, 2.24) is 9.55 Å². The highest BCUT2D eigenvalue weighted by molar-refractivity contribution is 6.30. The van der Waals surface area contributed by atoms with Gasteiger partial charge in [-0.2, -0.15) is 0 Å². The van der Waals surface area contributed by atoms with Crippen molar-refractivity contribution in [3.05, 3.63) is 46.0 Å². The molecule has 0 unspecified atom stereocenters. The SMILES string of the molecule is CCn1cc(-c2ccc(Cl)cc2)[nH]c1=O. The van der Waals surface area contributed by atoms with E-state index in [2.05, 4.69) is 4.98 Å². The summed E-state index contributed by atoms with van der Waals surface area (Å²) in [5, 5.41) is 0.691. The number of nitrogens with one attached hydrogen (secondary N) is 1. The van der Waals surface area contributed by atoms with E-state index in [0.29, 0.717) is 11.6 Å². The molecule has 0 spiro atoms. The van der Waals surface area contributed by atoms with Gasteiger partial charge in [-0.15, -0.1) is 0 Å². The number of nitrogens with zero attached hydrogens (tertiary/aromatic N) is 1. The molecular formula is C11H11ClN2O. The fourth-order valence-corrected chi connectivity index (χ4v) is 1.57. The van der Waals surface area contributed by atoms with Gasteiger partial charge < -0.3 is 4.98 Å². The molecular weight excluding hydrogens is 212 g/mol. The van der Waals surface area contributed by atoms with E-state index in [1.54, 1.807) is 16.7 Å². The summed E-state index contributed by atoms with van der Waals surface area (Å²) in [7, 11) is 0. The van der Waals surface area contributed by atoms with Crippen LogP contribution >= 0.6 is 11.6 Å². The van der Waals surface area contributed by atoms with Gasteiger partial charge in [0, 0.05) is 17.8 Å². The Hall–Kier alpha value is -1.48. The summed E-state index contributed by atoms with van der Waals surface area (Å²) in [4.78, 5) is 14.2. The fraction of sp³-hybridized carbons (Fsp3) is 0.182. The van der Waals surface area contributed by atoms with Gasteiger partial charge in [-0.05, 0) is 24.6 Å². The molecule has 15 heavy (non-hydrogen) atoms. The van der Waals surface area contributed by atoms with Crippen molar-refractivity contribution in [1.29, 1.82) is 0 Å². The monoisotopic (exact) mass is 222 g/mol. The van der Waals surface area contributed by atoms with Crippen molar-refractivity contribution >= 4 is 11.6 Å². The van der Waals surface area contributed by atoms with Crippen molar-refractivity contribution in [3.8, 4) is 11.3 Å². The third kappa shape index (κ3) is 1.97. The van der Waals surface area contributed by atoms with Crippen LogP contribution in [0, 0.1) is 0 Å². The van der Waals surface area contributed by atoms with E-state index < -0.39 is 0 Å². The van der Waals surface area contributed by atoms with Crippen LogP contribution < -0.4 is 5.69 Å². The van der Waals surface area contributed by atoms with Crippen LogP contribution in [0.3, 0.4) is 0 Å². The first-order valence-electron chi connectivity index (χ1n) is 4.76. The van der Waals surface area contributed by atoms with Crippen molar-refractivity contribution in [3.63, 3.8) is 0 Å². The van der Waals surface area contributed by atoms with Crippen LogP contribution in [-0.4, -0.2) is 9.55 Å². The van der Waals surface area contributed by atoms with Gasteiger partial charge in [0.25, 0.3) is 0 Å². The van der Waals surface area contributed by atoms with Crippen LogP contribution in [0.4, 0.5) is 0 Å². The summed E-state index contributed by atoms with van der Waals surface area (Å²) < 4.78 is 1.63. The highest BCUT2D eigenvalue weighted by atomic mass is 35.5. The van der Waals surface area contributed by atoms with Gasteiger partial charge in [-0.3, -0.25) is 4.57 Å². The Morgan fingerprint density at radius 3 is 2.53 bits per heavy atom. The number of aromatic amines is 1. The molecule has 0 aliphatic carbocycles. The Morgan fingerprint density at radius 1 is 1.33 bits per heavy atom. The Balaban J connectivity index is 2.45. The van der Waals surface area contributed by atoms with Crippen molar-refractivity contribution in [2.75, 3.05) is 0 Å². The summed E-state index contributed by atoms with van der Waals surface area (Å²) in [6.07, 6.45) is 1.81. The number of aryl methyl sites for hydroxylation is 1. The zero-order chi connectivity index (χ0) is 10.8. The predicted molar refractivity (Wildman–Crippen MR) is 61.2 cm³/mol. The first kappa shape index (κ1) is 10.1. The summed E-state index contributed by atoms with van der Waals surface area (Å²) in [6, 6.07) is 7.37. The topological polar surface area (TPSA) is 37.8 Å². The first-order chi connectivity index (χ1) is 7.20. The minimum atomic E-state index is -0.0811. The number of rotatable bonds is 2. The smallest absolute Gasteiger partial charge is 0.306 e. The number of hydrogen-bond donors (Lipinski definition) is 1. The molecule has 78 valence electrons. The van der Waals surface area contributed by atoms with Crippen molar-refractivity contribution in [2.24, 2.45) is 0 Å². The number of hydrogen-bond acceptors (Lipinski definition) is 1. The molecule has 1 aromatic heterocycles. The molecule has 4 heteroatoms. The van der Waals surface area contributed by atoms with E-state index in [4.69, 9.17) is 11.6 Å². The fourth-order valence-electron chi connectivity index (χ4n) is 1.44. The molecule has 0 radical (unpaired) electrons. The maximum Gasteiger partial charge on any atom is 0.325 e. The first-order valence-corrected chi connectivity index (χ1v) is 5.14. The second-order valence-corrected chi connectivity index (χ2v) is 3.70. The molecule has 0 aliphatic rings. The van der Waals surface area contributed by atoms with Crippen LogP contribution in [0.15, 0.2) is 35.3 Å². The van der Waals surface area contributed by atoms with Crippen LogP contribution in [0.5, 0.6) is 0 Å². The maximum atomic E-state index is 11.4. The minimum Gasteiger partial charge on any atom is -0.306 e. The molecule has 0 saturated heterocycles. The lowest BCUT2D eigenvalue weighted by atomic mass is 10.2. The normalized spacial score (nSPS) is 10.5. The zero-order valence-corrected chi connectivity index (χ0v) is 9.08. The lowest BCUT2D eigenvalue weighted by Gasteiger charge is -1.96. The van der Waals surface area contributed by atoms with Gasteiger partial charge in [-0.25, -0.2) is 4.79 Å². The second-order valence-electron chi connectivity index (χ2n) is 3.27. The van der Waals surface area contributed by atoms with Crippen molar-refractivity contribution in [2.45, 2.75) is 13.5 Å². The minimum absolute atomic E-state index is 0.0811. The summed E-state index contributed by atoms with van der Waals surface area (Å²) >= 11 is 5.79. The third-order valence-corrected chi connectivity index (χ3v) is 2.54. The van der Waals surface area contributed by atoms with Gasteiger partial charge in [0.15, 0.2) is 0 Å². The zero-order valence-electron chi connectivity index (χ0n) is 8.33. The van der Waals surface area contributed by atoms with E-state index in [0.717, 1.165) is 11.3 Å². The lowest BCUT2D eigenvalue weighted by Crippen LogP contribution is -2.14. The molecule has 0 fully saturated rings. The number of halogens is 1. The van der Waals surface area contributed by atoms with E-state index in [1.807, 2.05) is 25.3 Å². The summed E-state index contributed by atoms with van der Waals surface area (Å²) in [5.41, 5.74) is 1.70. The number of imidazole rings is 1. The number of aromatic nitrogens is 2. The van der Waals surface area contributed by atoms with E-state index >= 15 is 0 Å². The van der Waals surface area contributed by atoms with Gasteiger partial charge >= 0.3 is 5.69 Å². The average molecular weight is 223 g/mol. The van der Waals surface area contributed by atoms with Crippen LogP contribution in [0.2, 0.25) is 5.02 Å². The molecule has 0 saturated carbocycles. The predicted octanol–water partition coefficient (Wildman–Crippen LogP) is 2.52. The van der Waals surface area contributed by atoms with Gasteiger partial charge in [0.05, 0.1) is 5.69 Å². The van der Waals surface area contributed by atoms with Gasteiger partial charge in [0.1, 0.15) is 0 Å². The molecule has 3 nitrogen and oxygen atoms in total. The second kappa shape index (κ2) is 3.95. The molecule has 1 aromatic carbocycles. The largest absolute Gasteiger partial charge is 0.325 e. The molecule has 0 bridgehead atoms. The standard InChI is InChI=1S/C11H11ClN2O/c1-2-14-7-10(13-11(14)15)8-3-5-9(12)6-4-8/h3-7H,2H2,1H3,(H,13,15). The maximum absolute atomic E-state index is 11.4. The third-order valence-electron chi connectivity index (χ3n) is 2.28. The number of benzene rings is 1. The Kier molecular flexibility index (Phi) is 2.64. The van der Waals surface area contributed by atoms with Crippen LogP contribution in [0.1, 0.15) is 6.92 Å². The van der Waals surface area contributed by atoms with Gasteiger partial charge in [-0.1, -0.05) is 23.7 Å². The molecule has 0 aliphatic heterocycles. The lowest BCUT2D eigenvalue weighted by molar-refractivity contribution is 0.730. The van der Waals surface area contributed by atoms with E-state index in [-0.39, 0.29) is 5.69 Å². The highest BCUT2D eigenvalue weighted by Gasteiger charge is 2.03. The Morgan fingerprint density at radius 2 is 2.00 bits per heavy atom. The Labute approximate surface area is 92.3 Å². The van der Waals surface area contributed by atoms with Crippen LogP contribution in [-0.2, 0) is 6.54 Å². The van der Waals surface area contributed by atoms with Crippen LogP contribution in [0.25, 0.3) is 11.3 Å². The molecule has 1 N–H and O–H groups in total. The van der Waals surface area contributed by atoms with Crippen molar-refractivity contribution < 1.29 is 0 Å². The molecule has 2 rings (SSSR count). The molecule has 1 heterocycles. The highest BCUT2D eigenvalue weighted by Crippen LogP contribution is 2.18. The Bertz CT molecular complexity index is 510. The van der Waals surface area contributed by atoms with Gasteiger partial charge in [0.2, 0.25) is 0 Å². The molecule has 0 amide bonds. The summed E-state index contributed by atoms with van der Waals surface area (Å²) in [5.74, 6) is 0. The molecule has 2 aromatic rings. The molecule has 0 atom stereocenters. The quantitative estimate of drug-likeness (QED) is 0.833. The number of H-pyrrole nitrogens is 1.